The van der Waals surface area contributed by atoms with Crippen LogP contribution in [0.15, 0.2) is 54.6 Å². The van der Waals surface area contributed by atoms with Crippen molar-refractivity contribution in [3.05, 3.63) is 65.7 Å². The van der Waals surface area contributed by atoms with Crippen molar-refractivity contribution in [2.75, 3.05) is 11.9 Å². The quantitative estimate of drug-likeness (QED) is 0.226. The maximum Gasteiger partial charge on any atom is 0.408 e. The third-order valence-electron chi connectivity index (χ3n) is 5.97. The molecule has 0 aliphatic heterocycles. The molecular weight excluding hydrogens is 538 g/mol. The summed E-state index contributed by atoms with van der Waals surface area (Å²) in [4.78, 5) is 50.2. The number of aryl methyl sites for hydroxylation is 1. The van der Waals surface area contributed by atoms with E-state index < -0.39 is 42.2 Å². The molecule has 0 unspecified atom stereocenters. The second-order valence-corrected chi connectivity index (χ2v) is 11.4. The Morgan fingerprint density at radius 1 is 0.929 bits per heavy atom. The van der Waals surface area contributed by atoms with Crippen LogP contribution in [0.1, 0.15) is 65.0 Å². The molecule has 0 aliphatic rings. The van der Waals surface area contributed by atoms with Crippen LogP contribution in [0.25, 0.3) is 0 Å². The van der Waals surface area contributed by atoms with Crippen LogP contribution in [0.3, 0.4) is 0 Å². The van der Waals surface area contributed by atoms with Gasteiger partial charge in [-0.25, -0.2) is 9.59 Å². The SMILES string of the molecule is CC(C)C[C@H](CC(=O)OC(C)(C)C)C(=O)Nc1ccc(COC(=O)N[C@@H](CCc2ccccc2)C(=O)OCC#N)cc1. The van der Waals surface area contributed by atoms with E-state index in [1.807, 2.05) is 44.2 Å². The molecule has 10 nitrogen and oxygen atoms in total. The molecule has 42 heavy (non-hydrogen) atoms. The highest BCUT2D eigenvalue weighted by molar-refractivity contribution is 5.94. The van der Waals surface area contributed by atoms with Crippen LogP contribution >= 0.6 is 0 Å². The largest absolute Gasteiger partial charge is 0.460 e. The molecule has 0 fully saturated rings. The van der Waals surface area contributed by atoms with Crippen LogP contribution < -0.4 is 10.6 Å². The molecular formula is C32H41N3O7. The van der Waals surface area contributed by atoms with Gasteiger partial charge in [-0.05, 0) is 69.2 Å². The lowest BCUT2D eigenvalue weighted by atomic mass is 9.93. The molecule has 2 aromatic rings. The summed E-state index contributed by atoms with van der Waals surface area (Å²) in [5.74, 6) is -1.74. The van der Waals surface area contributed by atoms with Gasteiger partial charge in [0.25, 0.3) is 0 Å². The standard InChI is InChI=1S/C32H41N3O7/c1-22(2)19-25(20-28(36)42-32(3,4)5)29(37)34-26-14-11-24(12-15-26)21-41-31(39)35-27(30(38)40-18-17-33)16-13-23-9-7-6-8-10-23/h6-12,14-15,22,25,27H,13,16,18-21H2,1-5H3,(H,34,37)(H,35,39)/t25-,27+/m1/s1. The Bertz CT molecular complexity index is 1220. The highest BCUT2D eigenvalue weighted by atomic mass is 16.6. The molecule has 0 saturated carbocycles. The van der Waals surface area contributed by atoms with Crippen molar-refractivity contribution >= 4 is 29.6 Å². The van der Waals surface area contributed by atoms with Gasteiger partial charge in [0, 0.05) is 11.6 Å². The molecule has 0 saturated heterocycles. The molecule has 0 bridgehead atoms. The van der Waals surface area contributed by atoms with Gasteiger partial charge >= 0.3 is 18.0 Å². The Labute approximate surface area is 247 Å². The Morgan fingerprint density at radius 2 is 1.60 bits per heavy atom. The number of nitrogens with zero attached hydrogens (tertiary/aromatic N) is 1. The minimum atomic E-state index is -0.983. The van der Waals surface area contributed by atoms with Gasteiger partial charge in [-0.1, -0.05) is 56.3 Å². The lowest BCUT2D eigenvalue weighted by Gasteiger charge is -2.23. The van der Waals surface area contributed by atoms with Gasteiger partial charge in [-0.3, -0.25) is 9.59 Å². The van der Waals surface area contributed by atoms with E-state index in [-0.39, 0.29) is 31.3 Å². The van der Waals surface area contributed by atoms with Crippen LogP contribution in [-0.2, 0) is 41.6 Å². The second kappa shape index (κ2) is 16.8. The fourth-order valence-corrected chi connectivity index (χ4v) is 4.11. The zero-order valence-electron chi connectivity index (χ0n) is 25.0. The van der Waals surface area contributed by atoms with Crippen molar-refractivity contribution in [3.63, 3.8) is 0 Å². The first kappa shape index (κ1) is 33.8. The van der Waals surface area contributed by atoms with Crippen LogP contribution in [0.4, 0.5) is 10.5 Å². The van der Waals surface area contributed by atoms with Gasteiger partial charge in [0.05, 0.1) is 6.42 Å². The molecule has 0 aliphatic carbocycles. The molecule has 0 heterocycles. The summed E-state index contributed by atoms with van der Waals surface area (Å²) < 4.78 is 15.6. The lowest BCUT2D eigenvalue weighted by molar-refractivity contribution is -0.157. The summed E-state index contributed by atoms with van der Waals surface area (Å²) in [6.45, 7) is 8.83. The average molecular weight is 580 g/mol. The minimum Gasteiger partial charge on any atom is -0.460 e. The number of amides is 2. The third-order valence-corrected chi connectivity index (χ3v) is 5.97. The molecule has 10 heteroatoms. The third kappa shape index (κ3) is 13.3. The zero-order valence-corrected chi connectivity index (χ0v) is 25.0. The first-order valence-corrected chi connectivity index (χ1v) is 14.0. The average Bonchev–Trinajstić information content (AvgIpc) is 2.92. The van der Waals surface area contributed by atoms with Crippen molar-refractivity contribution in [2.45, 2.75) is 78.6 Å². The highest BCUT2D eigenvalue weighted by Crippen LogP contribution is 2.21. The van der Waals surface area contributed by atoms with Gasteiger partial charge in [0.2, 0.25) is 5.91 Å². The highest BCUT2D eigenvalue weighted by Gasteiger charge is 2.27. The van der Waals surface area contributed by atoms with Crippen LogP contribution in [0.5, 0.6) is 0 Å². The van der Waals surface area contributed by atoms with E-state index in [1.54, 1.807) is 51.1 Å². The maximum absolute atomic E-state index is 13.0. The van der Waals surface area contributed by atoms with Crippen molar-refractivity contribution in [2.24, 2.45) is 11.8 Å². The van der Waals surface area contributed by atoms with E-state index in [4.69, 9.17) is 19.5 Å². The summed E-state index contributed by atoms with van der Waals surface area (Å²) >= 11 is 0. The van der Waals surface area contributed by atoms with Crippen LogP contribution in [0.2, 0.25) is 0 Å². The van der Waals surface area contributed by atoms with Gasteiger partial charge in [-0.2, -0.15) is 5.26 Å². The number of benzene rings is 2. The molecule has 2 amide bonds. The molecule has 2 aromatic carbocycles. The molecule has 0 spiro atoms. The lowest BCUT2D eigenvalue weighted by Crippen LogP contribution is -2.42. The fraction of sp³-hybridized carbons (Fsp3) is 0.469. The van der Waals surface area contributed by atoms with Crippen molar-refractivity contribution in [3.8, 4) is 6.07 Å². The van der Waals surface area contributed by atoms with E-state index in [0.717, 1.165) is 5.56 Å². The van der Waals surface area contributed by atoms with E-state index in [1.165, 1.54) is 0 Å². The van der Waals surface area contributed by atoms with E-state index in [2.05, 4.69) is 10.6 Å². The summed E-state index contributed by atoms with van der Waals surface area (Å²) in [7, 11) is 0. The normalized spacial score (nSPS) is 12.4. The number of alkyl carbamates (subject to hydrolysis) is 1. The number of carbonyl (C=O) groups excluding carboxylic acids is 4. The monoisotopic (exact) mass is 579 g/mol. The number of hydrogen-bond donors (Lipinski definition) is 2. The summed E-state index contributed by atoms with van der Waals surface area (Å²) in [6.07, 6.45) is 0.485. The predicted octanol–water partition coefficient (Wildman–Crippen LogP) is 5.31. The molecule has 226 valence electrons. The number of carbonyl (C=O) groups is 4. The Balaban J connectivity index is 1.92. The zero-order chi connectivity index (χ0) is 31.1. The summed E-state index contributed by atoms with van der Waals surface area (Å²) in [5, 5.41) is 14.1. The second-order valence-electron chi connectivity index (χ2n) is 11.4. The number of anilines is 1. The van der Waals surface area contributed by atoms with E-state index >= 15 is 0 Å². The van der Waals surface area contributed by atoms with Gasteiger partial charge in [0.15, 0.2) is 6.61 Å². The Hall–Kier alpha value is -4.39. The van der Waals surface area contributed by atoms with Crippen molar-refractivity contribution < 1.29 is 33.4 Å². The van der Waals surface area contributed by atoms with Crippen LogP contribution in [-0.4, -0.2) is 42.2 Å². The summed E-state index contributed by atoms with van der Waals surface area (Å²) in [5.41, 5.74) is 1.54. The molecule has 2 rings (SSSR count). The van der Waals surface area contributed by atoms with E-state index in [9.17, 15) is 19.2 Å². The van der Waals surface area contributed by atoms with Gasteiger partial charge in [0.1, 0.15) is 24.3 Å². The molecule has 2 atom stereocenters. The number of nitriles is 1. The molecule has 0 aromatic heterocycles. The topological polar surface area (TPSA) is 144 Å². The molecule has 2 N–H and O–H groups in total. The first-order chi connectivity index (χ1) is 19.9. The van der Waals surface area contributed by atoms with Crippen molar-refractivity contribution in [1.29, 1.82) is 5.26 Å². The maximum atomic E-state index is 13.0. The fourth-order valence-electron chi connectivity index (χ4n) is 4.11. The molecule has 0 radical (unpaired) electrons. The minimum absolute atomic E-state index is 0.0152. The van der Waals surface area contributed by atoms with Gasteiger partial charge < -0.3 is 24.8 Å². The van der Waals surface area contributed by atoms with Gasteiger partial charge in [-0.15, -0.1) is 0 Å². The predicted molar refractivity (Wildman–Crippen MR) is 157 cm³/mol. The Morgan fingerprint density at radius 3 is 2.19 bits per heavy atom. The number of ether oxygens (including phenoxy) is 3. The number of esters is 2. The first-order valence-electron chi connectivity index (χ1n) is 14.0. The van der Waals surface area contributed by atoms with Crippen molar-refractivity contribution in [1.82, 2.24) is 5.32 Å². The smallest absolute Gasteiger partial charge is 0.408 e. The Kier molecular flexibility index (Phi) is 13.5. The number of hydrogen-bond acceptors (Lipinski definition) is 8. The number of rotatable bonds is 14. The van der Waals surface area contributed by atoms with E-state index in [0.29, 0.717) is 24.1 Å². The summed E-state index contributed by atoms with van der Waals surface area (Å²) in [6, 6.07) is 17.0. The van der Waals surface area contributed by atoms with Crippen LogP contribution in [0, 0.1) is 23.2 Å². The number of nitrogens with one attached hydrogen (secondary N) is 2.